The van der Waals surface area contributed by atoms with E-state index in [0.29, 0.717) is 12.5 Å². The highest BCUT2D eigenvalue weighted by Gasteiger charge is 2.16. The first-order chi connectivity index (χ1) is 8.46. The summed E-state index contributed by atoms with van der Waals surface area (Å²) in [4.78, 5) is 8.66. The van der Waals surface area contributed by atoms with Gasteiger partial charge in [-0.1, -0.05) is 6.92 Å². The van der Waals surface area contributed by atoms with Crippen molar-refractivity contribution < 1.29 is 9.47 Å². The highest BCUT2D eigenvalue weighted by atomic mass is 79.9. The molecule has 0 spiro atoms. The number of rotatable bonds is 7. The van der Waals surface area contributed by atoms with Gasteiger partial charge in [0.1, 0.15) is 10.4 Å². The van der Waals surface area contributed by atoms with Gasteiger partial charge in [-0.05, 0) is 36.2 Å². The summed E-state index contributed by atoms with van der Waals surface area (Å²) in [6.07, 6.45) is 2.69. The molecule has 102 valence electrons. The molecule has 4 nitrogen and oxygen atoms in total. The summed E-state index contributed by atoms with van der Waals surface area (Å²) in [5.74, 6) is 1.43. The Morgan fingerprint density at radius 1 is 1.33 bits per heavy atom. The van der Waals surface area contributed by atoms with Gasteiger partial charge in [0.2, 0.25) is 5.88 Å². The van der Waals surface area contributed by atoms with Crippen LogP contribution >= 0.6 is 15.9 Å². The molecule has 0 bridgehead atoms. The third-order valence-corrected chi connectivity index (χ3v) is 3.10. The average molecular weight is 317 g/mol. The van der Waals surface area contributed by atoms with E-state index in [1.807, 2.05) is 13.8 Å². The summed E-state index contributed by atoms with van der Waals surface area (Å²) in [7, 11) is 1.71. The van der Waals surface area contributed by atoms with E-state index in [2.05, 4.69) is 32.8 Å². The van der Waals surface area contributed by atoms with Crippen molar-refractivity contribution in [3.63, 3.8) is 0 Å². The maximum absolute atomic E-state index is 5.65. The summed E-state index contributed by atoms with van der Waals surface area (Å²) < 4.78 is 11.8. The zero-order chi connectivity index (χ0) is 13.6. The second-order valence-corrected chi connectivity index (χ2v) is 5.57. The van der Waals surface area contributed by atoms with Gasteiger partial charge >= 0.3 is 0 Å². The van der Waals surface area contributed by atoms with Crippen LogP contribution < -0.4 is 4.74 Å². The van der Waals surface area contributed by atoms with E-state index < -0.39 is 0 Å². The Hall–Kier alpha value is -0.680. The Labute approximate surface area is 117 Å². The van der Waals surface area contributed by atoms with Gasteiger partial charge < -0.3 is 9.47 Å². The number of methoxy groups -OCH3 is 1. The molecule has 0 radical (unpaired) electrons. The van der Waals surface area contributed by atoms with Crippen LogP contribution in [0, 0.1) is 0 Å². The monoisotopic (exact) mass is 316 g/mol. The van der Waals surface area contributed by atoms with Gasteiger partial charge in [-0.3, -0.25) is 0 Å². The SMILES string of the molecule is CCCc1nc(Br)cc(OCCC(C)(C)OC)n1. The molecule has 1 heterocycles. The summed E-state index contributed by atoms with van der Waals surface area (Å²) in [5.41, 5.74) is -0.170. The second-order valence-electron chi connectivity index (χ2n) is 4.76. The van der Waals surface area contributed by atoms with Gasteiger partial charge in [0.25, 0.3) is 0 Å². The molecule has 0 unspecified atom stereocenters. The summed E-state index contributed by atoms with van der Waals surface area (Å²) >= 11 is 3.37. The van der Waals surface area contributed by atoms with Crippen molar-refractivity contribution in [3.8, 4) is 5.88 Å². The number of aromatic nitrogens is 2. The van der Waals surface area contributed by atoms with Crippen LogP contribution in [0.3, 0.4) is 0 Å². The van der Waals surface area contributed by atoms with E-state index in [0.717, 1.165) is 29.7 Å². The minimum absolute atomic E-state index is 0.170. The molecule has 18 heavy (non-hydrogen) atoms. The predicted molar refractivity (Wildman–Crippen MR) is 74.9 cm³/mol. The van der Waals surface area contributed by atoms with Gasteiger partial charge in [-0.25, -0.2) is 4.98 Å². The van der Waals surface area contributed by atoms with E-state index in [4.69, 9.17) is 9.47 Å². The largest absolute Gasteiger partial charge is 0.477 e. The quantitative estimate of drug-likeness (QED) is 0.723. The molecule has 1 rings (SSSR count). The third-order valence-electron chi connectivity index (χ3n) is 2.70. The van der Waals surface area contributed by atoms with E-state index in [1.54, 1.807) is 13.2 Å². The van der Waals surface area contributed by atoms with Crippen LogP contribution in [0.5, 0.6) is 5.88 Å². The first-order valence-electron chi connectivity index (χ1n) is 6.18. The molecule has 0 fully saturated rings. The highest BCUT2D eigenvalue weighted by molar-refractivity contribution is 9.10. The maximum atomic E-state index is 5.65. The lowest BCUT2D eigenvalue weighted by Crippen LogP contribution is -2.25. The number of hydrogen-bond donors (Lipinski definition) is 0. The minimum Gasteiger partial charge on any atom is -0.477 e. The second kappa shape index (κ2) is 7.04. The molecule has 0 aromatic carbocycles. The smallest absolute Gasteiger partial charge is 0.217 e. The van der Waals surface area contributed by atoms with Crippen LogP contribution in [0.4, 0.5) is 0 Å². The number of aryl methyl sites for hydroxylation is 1. The molecule has 0 atom stereocenters. The molecule has 5 heteroatoms. The van der Waals surface area contributed by atoms with E-state index in [9.17, 15) is 0 Å². The van der Waals surface area contributed by atoms with Crippen molar-refractivity contribution in [1.29, 1.82) is 0 Å². The van der Waals surface area contributed by atoms with Crippen LogP contribution in [0.1, 0.15) is 39.4 Å². The lowest BCUT2D eigenvalue weighted by atomic mass is 10.1. The summed E-state index contributed by atoms with van der Waals surface area (Å²) in [6.45, 7) is 6.76. The first-order valence-corrected chi connectivity index (χ1v) is 6.97. The molecule has 0 aliphatic carbocycles. The Morgan fingerprint density at radius 2 is 2.06 bits per heavy atom. The number of nitrogens with zero attached hydrogens (tertiary/aromatic N) is 2. The number of halogens is 1. The third kappa shape index (κ3) is 5.31. The van der Waals surface area contributed by atoms with Crippen LogP contribution in [0.2, 0.25) is 0 Å². The molecule has 0 saturated heterocycles. The van der Waals surface area contributed by atoms with Gasteiger partial charge in [0.05, 0.1) is 12.2 Å². The van der Waals surface area contributed by atoms with Crippen molar-refractivity contribution in [2.24, 2.45) is 0 Å². The summed E-state index contributed by atoms with van der Waals surface area (Å²) in [5, 5.41) is 0. The van der Waals surface area contributed by atoms with Crippen molar-refractivity contribution in [2.45, 2.75) is 45.6 Å². The topological polar surface area (TPSA) is 44.2 Å². The van der Waals surface area contributed by atoms with Crippen LogP contribution in [-0.2, 0) is 11.2 Å². The number of ether oxygens (including phenoxy) is 2. The Balaban J connectivity index is 2.56. The van der Waals surface area contributed by atoms with Crippen molar-refractivity contribution >= 4 is 15.9 Å². The van der Waals surface area contributed by atoms with Gasteiger partial charge in [0.15, 0.2) is 0 Å². The minimum atomic E-state index is -0.170. The predicted octanol–water partition coefficient (Wildman–Crippen LogP) is 3.39. The standard InChI is InChI=1S/C13H21BrN2O2/c1-5-6-11-15-10(14)9-12(16-11)18-8-7-13(2,3)17-4/h9H,5-8H2,1-4H3. The van der Waals surface area contributed by atoms with Gasteiger partial charge in [0, 0.05) is 26.0 Å². The van der Waals surface area contributed by atoms with E-state index in [-0.39, 0.29) is 5.60 Å². The summed E-state index contributed by atoms with van der Waals surface area (Å²) in [6, 6.07) is 1.79. The lowest BCUT2D eigenvalue weighted by molar-refractivity contribution is 0.00505. The van der Waals surface area contributed by atoms with E-state index >= 15 is 0 Å². The van der Waals surface area contributed by atoms with Crippen molar-refractivity contribution in [3.05, 3.63) is 16.5 Å². The Bertz CT molecular complexity index is 383. The van der Waals surface area contributed by atoms with Crippen molar-refractivity contribution in [2.75, 3.05) is 13.7 Å². The highest BCUT2D eigenvalue weighted by Crippen LogP contribution is 2.17. The van der Waals surface area contributed by atoms with Crippen molar-refractivity contribution in [1.82, 2.24) is 9.97 Å². The molecule has 0 amide bonds. The molecule has 1 aromatic heterocycles. The fourth-order valence-electron chi connectivity index (χ4n) is 1.35. The normalized spacial score (nSPS) is 11.6. The first kappa shape index (κ1) is 15.4. The zero-order valence-corrected chi connectivity index (χ0v) is 13.1. The fraction of sp³-hybridized carbons (Fsp3) is 0.692. The number of hydrogen-bond acceptors (Lipinski definition) is 4. The van der Waals surface area contributed by atoms with Gasteiger partial charge in [-0.15, -0.1) is 0 Å². The molecule has 1 aromatic rings. The Morgan fingerprint density at radius 3 is 2.67 bits per heavy atom. The maximum Gasteiger partial charge on any atom is 0.217 e. The Kier molecular flexibility index (Phi) is 6.02. The van der Waals surface area contributed by atoms with E-state index in [1.165, 1.54) is 0 Å². The van der Waals surface area contributed by atoms with Crippen LogP contribution in [0.15, 0.2) is 10.7 Å². The van der Waals surface area contributed by atoms with Gasteiger partial charge in [-0.2, -0.15) is 4.98 Å². The zero-order valence-electron chi connectivity index (χ0n) is 11.5. The molecule has 0 aliphatic rings. The van der Waals surface area contributed by atoms with Crippen LogP contribution in [0.25, 0.3) is 0 Å². The fourth-order valence-corrected chi connectivity index (χ4v) is 1.76. The molecular weight excluding hydrogens is 296 g/mol. The lowest BCUT2D eigenvalue weighted by Gasteiger charge is -2.22. The molecule has 0 aliphatic heterocycles. The molecule has 0 N–H and O–H groups in total. The van der Waals surface area contributed by atoms with Crippen LogP contribution in [-0.4, -0.2) is 29.3 Å². The molecule has 0 saturated carbocycles. The average Bonchev–Trinajstić information content (AvgIpc) is 2.28. The molecular formula is C13H21BrN2O2.